The number of hydrogen-bond donors (Lipinski definition) is 1. The van der Waals surface area contributed by atoms with E-state index in [0.29, 0.717) is 38.2 Å². The molecule has 176 valence electrons. The maximum Gasteiger partial charge on any atom is 0.292 e. The molecular weight excluding hydrogens is 420 g/mol. The summed E-state index contributed by atoms with van der Waals surface area (Å²) in [5.41, 5.74) is 1.94. The van der Waals surface area contributed by atoms with Gasteiger partial charge in [-0.25, -0.2) is 0 Å². The maximum atomic E-state index is 13.0. The molecule has 8 heteroatoms. The highest BCUT2D eigenvalue weighted by Gasteiger charge is 2.29. The molecule has 0 radical (unpaired) electrons. The summed E-state index contributed by atoms with van der Waals surface area (Å²) in [6.45, 7) is 3.94. The maximum absolute atomic E-state index is 13.0. The van der Waals surface area contributed by atoms with Gasteiger partial charge in [-0.15, -0.1) is 0 Å². The van der Waals surface area contributed by atoms with E-state index in [2.05, 4.69) is 22.3 Å². The molecular formula is C25H32N4O4. The molecule has 1 amide bonds. The van der Waals surface area contributed by atoms with E-state index in [0.717, 1.165) is 18.8 Å². The zero-order chi connectivity index (χ0) is 23.2. The molecule has 33 heavy (non-hydrogen) atoms. The van der Waals surface area contributed by atoms with E-state index < -0.39 is 0 Å². The second kappa shape index (κ2) is 10.7. The Labute approximate surface area is 194 Å². The van der Waals surface area contributed by atoms with E-state index in [4.69, 9.17) is 4.74 Å². The van der Waals surface area contributed by atoms with E-state index in [1.807, 2.05) is 23.1 Å². The van der Waals surface area contributed by atoms with E-state index >= 15 is 0 Å². The fourth-order valence-corrected chi connectivity index (χ4v) is 4.95. The number of methoxy groups -OCH3 is 1. The van der Waals surface area contributed by atoms with Crippen LogP contribution in [0.4, 0.5) is 11.4 Å². The van der Waals surface area contributed by atoms with Gasteiger partial charge in [0.2, 0.25) is 5.91 Å². The lowest BCUT2D eigenvalue weighted by molar-refractivity contribution is -0.384. The number of nitro benzene ring substituents is 1. The van der Waals surface area contributed by atoms with Crippen LogP contribution < -0.4 is 15.0 Å². The first-order valence-corrected chi connectivity index (χ1v) is 11.7. The standard InChI is InChI=1S/C25H32N4O4/c1-33-21-10-8-19(9-11-21)24(27-14-4-5-15-27)18-26-25(30)20-12-16-28(17-13-20)22-6-2-3-7-23(22)29(31)32/h2-3,6-11,20,24H,4-5,12-18H2,1H3,(H,26,30). The Bertz CT molecular complexity index is 951. The molecule has 2 fully saturated rings. The van der Waals surface area contributed by atoms with Crippen molar-refractivity contribution < 1.29 is 14.5 Å². The minimum absolute atomic E-state index is 0.0703. The number of carbonyl (C=O) groups excluding carboxylic acids is 1. The molecule has 0 saturated carbocycles. The number of likely N-dealkylation sites (tertiary alicyclic amines) is 1. The number of amides is 1. The van der Waals surface area contributed by atoms with Crippen molar-refractivity contribution in [3.8, 4) is 5.75 Å². The molecule has 2 aromatic rings. The van der Waals surface area contributed by atoms with Gasteiger partial charge in [-0.3, -0.25) is 19.8 Å². The first-order valence-electron chi connectivity index (χ1n) is 11.7. The van der Waals surface area contributed by atoms with Gasteiger partial charge in [0.25, 0.3) is 5.69 Å². The van der Waals surface area contributed by atoms with Gasteiger partial charge in [0.1, 0.15) is 11.4 Å². The number of piperidine rings is 1. The number of nitro groups is 1. The van der Waals surface area contributed by atoms with Crippen molar-refractivity contribution in [1.29, 1.82) is 0 Å². The summed E-state index contributed by atoms with van der Waals surface area (Å²) < 4.78 is 5.29. The average Bonchev–Trinajstić information content (AvgIpc) is 3.39. The van der Waals surface area contributed by atoms with Gasteiger partial charge in [-0.2, -0.15) is 0 Å². The molecule has 0 aromatic heterocycles. The molecule has 2 heterocycles. The molecule has 1 atom stereocenters. The number of nitrogens with one attached hydrogen (secondary N) is 1. The van der Waals surface area contributed by atoms with Gasteiger partial charge < -0.3 is 15.0 Å². The molecule has 4 rings (SSSR count). The fraction of sp³-hybridized carbons (Fsp3) is 0.480. The first kappa shape index (κ1) is 23.0. The topological polar surface area (TPSA) is 87.9 Å². The van der Waals surface area contributed by atoms with Crippen LogP contribution >= 0.6 is 0 Å². The number of rotatable bonds is 8. The summed E-state index contributed by atoms with van der Waals surface area (Å²) in [5.74, 6) is 0.836. The smallest absolute Gasteiger partial charge is 0.292 e. The Kier molecular flexibility index (Phi) is 7.44. The number of hydrogen-bond acceptors (Lipinski definition) is 6. The lowest BCUT2D eigenvalue weighted by Gasteiger charge is -2.33. The van der Waals surface area contributed by atoms with Crippen molar-refractivity contribution in [2.24, 2.45) is 5.92 Å². The molecule has 0 spiro atoms. The highest BCUT2D eigenvalue weighted by atomic mass is 16.6. The van der Waals surface area contributed by atoms with Crippen molar-refractivity contribution >= 4 is 17.3 Å². The Morgan fingerprint density at radius 2 is 1.76 bits per heavy atom. The van der Waals surface area contributed by atoms with Gasteiger partial charge in [0, 0.05) is 31.6 Å². The van der Waals surface area contributed by atoms with E-state index in [1.54, 1.807) is 19.2 Å². The average molecular weight is 453 g/mol. The number of anilines is 1. The van der Waals surface area contributed by atoms with Crippen LogP contribution in [-0.2, 0) is 4.79 Å². The van der Waals surface area contributed by atoms with E-state index in [-0.39, 0.29) is 28.5 Å². The lowest BCUT2D eigenvalue weighted by atomic mass is 9.95. The molecule has 0 aliphatic carbocycles. The minimum atomic E-state index is -0.341. The number of carbonyl (C=O) groups is 1. The van der Waals surface area contributed by atoms with Crippen molar-refractivity contribution in [3.05, 3.63) is 64.2 Å². The third-order valence-corrected chi connectivity index (χ3v) is 6.84. The molecule has 1 unspecified atom stereocenters. The fourth-order valence-electron chi connectivity index (χ4n) is 4.95. The van der Waals surface area contributed by atoms with Crippen LogP contribution in [0.3, 0.4) is 0 Å². The zero-order valence-electron chi connectivity index (χ0n) is 19.1. The predicted molar refractivity (Wildman–Crippen MR) is 128 cm³/mol. The second-order valence-electron chi connectivity index (χ2n) is 8.78. The van der Waals surface area contributed by atoms with Crippen LogP contribution in [0.15, 0.2) is 48.5 Å². The molecule has 2 saturated heterocycles. The predicted octanol–water partition coefficient (Wildman–Crippen LogP) is 3.77. The third-order valence-electron chi connectivity index (χ3n) is 6.84. The number of benzene rings is 2. The van der Waals surface area contributed by atoms with Gasteiger partial charge in [0.05, 0.1) is 18.1 Å². The summed E-state index contributed by atoms with van der Waals surface area (Å²) in [7, 11) is 1.66. The van der Waals surface area contributed by atoms with Crippen LogP contribution in [0.1, 0.15) is 37.3 Å². The van der Waals surface area contributed by atoms with Crippen molar-refractivity contribution in [1.82, 2.24) is 10.2 Å². The Balaban J connectivity index is 1.35. The van der Waals surface area contributed by atoms with Crippen LogP contribution in [0.2, 0.25) is 0 Å². The summed E-state index contributed by atoms with van der Waals surface area (Å²) in [6.07, 6.45) is 3.75. The van der Waals surface area contributed by atoms with Crippen LogP contribution in [-0.4, -0.2) is 55.6 Å². The minimum Gasteiger partial charge on any atom is -0.497 e. The Morgan fingerprint density at radius 3 is 2.39 bits per heavy atom. The molecule has 8 nitrogen and oxygen atoms in total. The van der Waals surface area contributed by atoms with Gasteiger partial charge in [-0.1, -0.05) is 24.3 Å². The van der Waals surface area contributed by atoms with Gasteiger partial charge in [-0.05, 0) is 62.5 Å². The number of ether oxygens (including phenoxy) is 1. The summed E-state index contributed by atoms with van der Waals surface area (Å²) in [5, 5.41) is 14.6. The highest BCUT2D eigenvalue weighted by Crippen LogP contribution is 2.31. The SMILES string of the molecule is COc1ccc(C(CNC(=O)C2CCN(c3ccccc3[N+](=O)[O-])CC2)N2CCCC2)cc1. The van der Waals surface area contributed by atoms with E-state index in [9.17, 15) is 14.9 Å². The van der Waals surface area contributed by atoms with E-state index in [1.165, 1.54) is 24.5 Å². The largest absolute Gasteiger partial charge is 0.497 e. The molecule has 2 aliphatic heterocycles. The molecule has 2 aliphatic rings. The first-order chi connectivity index (χ1) is 16.1. The Morgan fingerprint density at radius 1 is 1.09 bits per heavy atom. The monoisotopic (exact) mass is 452 g/mol. The number of para-hydroxylation sites is 2. The van der Waals surface area contributed by atoms with Gasteiger partial charge in [0.15, 0.2) is 0 Å². The number of nitrogens with zero attached hydrogens (tertiary/aromatic N) is 3. The lowest BCUT2D eigenvalue weighted by Crippen LogP contribution is -2.43. The summed E-state index contributed by atoms with van der Waals surface area (Å²) in [6, 6.07) is 15.1. The quantitative estimate of drug-likeness (QED) is 0.485. The Hall–Kier alpha value is -3.13. The van der Waals surface area contributed by atoms with Crippen molar-refractivity contribution in [2.75, 3.05) is 44.7 Å². The molecule has 0 bridgehead atoms. The van der Waals surface area contributed by atoms with Crippen molar-refractivity contribution in [3.63, 3.8) is 0 Å². The second-order valence-corrected chi connectivity index (χ2v) is 8.78. The van der Waals surface area contributed by atoms with Crippen molar-refractivity contribution in [2.45, 2.75) is 31.7 Å². The third kappa shape index (κ3) is 5.45. The zero-order valence-corrected chi connectivity index (χ0v) is 19.1. The summed E-state index contributed by atoms with van der Waals surface area (Å²) in [4.78, 5) is 28.5. The van der Waals surface area contributed by atoms with Crippen LogP contribution in [0.25, 0.3) is 0 Å². The molecule has 1 N–H and O–H groups in total. The van der Waals surface area contributed by atoms with Crippen LogP contribution in [0, 0.1) is 16.0 Å². The van der Waals surface area contributed by atoms with Gasteiger partial charge >= 0.3 is 0 Å². The highest BCUT2D eigenvalue weighted by molar-refractivity contribution is 5.79. The molecule has 2 aromatic carbocycles. The van der Waals surface area contributed by atoms with Crippen LogP contribution in [0.5, 0.6) is 5.75 Å². The summed E-state index contributed by atoms with van der Waals surface area (Å²) >= 11 is 0. The normalized spacial score (nSPS) is 18.2.